The Morgan fingerprint density at radius 1 is 0.864 bits per heavy atom. The number of ether oxygens (including phenoxy) is 1. The molecule has 0 aromatic carbocycles. The molecule has 3 fully saturated rings. The van der Waals surface area contributed by atoms with Crippen LogP contribution in [0.5, 0.6) is 0 Å². The van der Waals surface area contributed by atoms with Gasteiger partial charge in [-0.25, -0.2) is 4.79 Å². The van der Waals surface area contributed by atoms with Gasteiger partial charge in [-0.15, -0.1) is 0 Å². The fraction of sp³-hybridized carbons (Fsp3) is 0.925. The summed E-state index contributed by atoms with van der Waals surface area (Å²) in [5.74, 6) is 5.19. The van der Waals surface area contributed by atoms with E-state index in [1.165, 1.54) is 103 Å². The average molecular weight is 614 g/mol. The lowest BCUT2D eigenvalue weighted by atomic mass is 9.47. The molecule has 0 radical (unpaired) electrons. The van der Waals surface area contributed by atoms with Gasteiger partial charge in [0.1, 0.15) is 6.10 Å². The average Bonchev–Trinajstić information content (AvgIpc) is 3.35. The first kappa shape index (κ1) is 35.8. The van der Waals surface area contributed by atoms with Gasteiger partial charge in [-0.2, -0.15) is 0 Å². The molecule has 4 aliphatic carbocycles. The molecule has 4 rings (SSSR count). The number of carbonyl (C=O) groups excluding carboxylic acids is 1. The van der Waals surface area contributed by atoms with Crippen LogP contribution in [0.4, 0.5) is 4.79 Å². The van der Waals surface area contributed by atoms with Crippen LogP contribution in [0.15, 0.2) is 11.6 Å². The Kier molecular flexibility index (Phi) is 14.0. The van der Waals surface area contributed by atoms with Gasteiger partial charge in [0.15, 0.2) is 0 Å². The van der Waals surface area contributed by atoms with Crippen LogP contribution in [-0.4, -0.2) is 30.5 Å². The van der Waals surface area contributed by atoms with Crippen molar-refractivity contribution in [3.05, 3.63) is 11.6 Å². The van der Waals surface area contributed by atoms with E-state index >= 15 is 0 Å². The largest absolute Gasteiger partial charge is 0.446 e. The summed E-state index contributed by atoms with van der Waals surface area (Å²) >= 11 is 0. The maximum atomic E-state index is 12.6. The van der Waals surface area contributed by atoms with Crippen molar-refractivity contribution in [1.29, 1.82) is 0 Å². The highest BCUT2D eigenvalue weighted by atomic mass is 16.6. The minimum atomic E-state index is -0.205. The molecule has 1 amide bonds. The number of hydrogen-bond donors (Lipinski definition) is 2. The van der Waals surface area contributed by atoms with Crippen LogP contribution in [0.2, 0.25) is 0 Å². The molecule has 0 heterocycles. The van der Waals surface area contributed by atoms with Crippen LogP contribution in [0.25, 0.3) is 0 Å². The molecule has 0 bridgehead atoms. The highest BCUT2D eigenvalue weighted by Crippen LogP contribution is 2.67. The monoisotopic (exact) mass is 614 g/mol. The van der Waals surface area contributed by atoms with E-state index in [-0.39, 0.29) is 12.2 Å². The smallest absolute Gasteiger partial charge is 0.407 e. The molecule has 0 aromatic rings. The van der Waals surface area contributed by atoms with Crippen LogP contribution in [0, 0.1) is 46.3 Å². The Hall–Kier alpha value is -1.03. The number of fused-ring (bicyclic) bond motifs is 5. The van der Waals surface area contributed by atoms with E-state index in [4.69, 9.17) is 9.84 Å². The van der Waals surface area contributed by atoms with Crippen LogP contribution in [-0.2, 0) is 4.74 Å². The molecule has 0 saturated heterocycles. The van der Waals surface area contributed by atoms with Gasteiger partial charge in [-0.3, -0.25) is 0 Å². The zero-order valence-electron chi connectivity index (χ0n) is 29.6. The van der Waals surface area contributed by atoms with Gasteiger partial charge in [-0.1, -0.05) is 117 Å². The van der Waals surface area contributed by atoms with Crippen LogP contribution >= 0.6 is 0 Å². The number of aliphatic hydroxyl groups is 1. The number of hydrogen-bond acceptors (Lipinski definition) is 3. The Morgan fingerprint density at radius 3 is 2.23 bits per heavy atom. The number of carbonyl (C=O) groups is 1. The zero-order valence-corrected chi connectivity index (χ0v) is 29.6. The van der Waals surface area contributed by atoms with E-state index in [0.717, 1.165) is 74.2 Å². The molecule has 3 unspecified atom stereocenters. The standard InChI is InChI=1S/C40H71NO3/c1-30(2)17-16-18-31(3)35-21-22-36-34-20-19-32-29-33(23-25-39(32,4)37(34)24-26-40(35,36)5)44-38(43)41-27-14-12-10-8-6-7-9-11-13-15-28-42/h19,30-31,33-37,42H,6-18,20-29H2,1-5H3,(H,41,43)/t31-,33+,34?,35-,36?,37?,39+,40-/m0/s1. The maximum Gasteiger partial charge on any atom is 0.407 e. The second-order valence-corrected chi connectivity index (χ2v) is 16.7. The molecule has 0 aromatic heterocycles. The highest BCUT2D eigenvalue weighted by Gasteiger charge is 2.59. The molecular formula is C40H71NO3. The fourth-order valence-electron chi connectivity index (χ4n) is 10.8. The molecule has 2 N–H and O–H groups in total. The summed E-state index contributed by atoms with van der Waals surface area (Å²) in [5, 5.41) is 11.9. The van der Waals surface area contributed by atoms with E-state index in [1.807, 2.05) is 0 Å². The maximum absolute atomic E-state index is 12.6. The third-order valence-corrected chi connectivity index (χ3v) is 13.4. The molecule has 4 aliphatic rings. The predicted octanol–water partition coefficient (Wildman–Crippen LogP) is 11.0. The third-order valence-electron chi connectivity index (χ3n) is 13.4. The van der Waals surface area contributed by atoms with Crippen molar-refractivity contribution >= 4 is 6.09 Å². The summed E-state index contributed by atoms with van der Waals surface area (Å²) in [4.78, 5) is 12.6. The molecule has 254 valence electrons. The van der Waals surface area contributed by atoms with Gasteiger partial charge in [0.2, 0.25) is 0 Å². The third kappa shape index (κ3) is 9.07. The second-order valence-electron chi connectivity index (χ2n) is 16.7. The van der Waals surface area contributed by atoms with Gasteiger partial charge < -0.3 is 15.2 Å². The van der Waals surface area contributed by atoms with Crippen molar-refractivity contribution in [3.8, 4) is 0 Å². The molecule has 8 atom stereocenters. The van der Waals surface area contributed by atoms with Gasteiger partial charge in [0.05, 0.1) is 0 Å². The summed E-state index contributed by atoms with van der Waals surface area (Å²) in [5.41, 5.74) is 2.46. The van der Waals surface area contributed by atoms with Crippen molar-refractivity contribution in [3.63, 3.8) is 0 Å². The topological polar surface area (TPSA) is 58.6 Å². The van der Waals surface area contributed by atoms with E-state index in [9.17, 15) is 4.79 Å². The SMILES string of the molecule is CC(C)CCC[C@H](C)[C@@H]1CCC2C3CC=C4C[C@H](OC(=O)NCCCCCCCCCCCCO)CC[C@@]4(C)C3CC[C@]21C. The first-order chi connectivity index (χ1) is 21.2. The minimum Gasteiger partial charge on any atom is -0.446 e. The van der Waals surface area contributed by atoms with E-state index in [1.54, 1.807) is 5.57 Å². The summed E-state index contributed by atoms with van der Waals surface area (Å²) in [6.45, 7) is 13.7. The number of alkyl carbamates (subject to hydrolysis) is 1. The van der Waals surface area contributed by atoms with Gasteiger partial charge in [-0.05, 0) is 104 Å². The summed E-state index contributed by atoms with van der Waals surface area (Å²) in [6, 6.07) is 0. The van der Waals surface area contributed by atoms with E-state index in [0.29, 0.717) is 17.4 Å². The number of unbranched alkanes of at least 4 members (excludes halogenated alkanes) is 9. The van der Waals surface area contributed by atoms with E-state index in [2.05, 4.69) is 46.0 Å². The molecule has 4 nitrogen and oxygen atoms in total. The minimum absolute atomic E-state index is 0.0414. The van der Waals surface area contributed by atoms with Gasteiger partial charge >= 0.3 is 6.09 Å². The first-order valence-electron chi connectivity index (χ1n) is 19.4. The Morgan fingerprint density at radius 2 is 1.55 bits per heavy atom. The van der Waals surface area contributed by atoms with Crippen LogP contribution < -0.4 is 5.32 Å². The lowest BCUT2D eigenvalue weighted by Gasteiger charge is -2.58. The lowest BCUT2D eigenvalue weighted by Crippen LogP contribution is -2.51. The summed E-state index contributed by atoms with van der Waals surface area (Å²) in [7, 11) is 0. The van der Waals surface area contributed by atoms with Gasteiger partial charge in [0.25, 0.3) is 0 Å². The molecule has 44 heavy (non-hydrogen) atoms. The van der Waals surface area contributed by atoms with Crippen LogP contribution in [0.3, 0.4) is 0 Å². The first-order valence-corrected chi connectivity index (χ1v) is 19.4. The van der Waals surface area contributed by atoms with Crippen molar-refractivity contribution < 1.29 is 14.6 Å². The number of allylic oxidation sites excluding steroid dienone is 1. The Bertz CT molecular complexity index is 899. The lowest BCUT2D eigenvalue weighted by molar-refractivity contribution is -0.0581. The molecule has 0 aliphatic heterocycles. The van der Waals surface area contributed by atoms with Crippen LogP contribution in [0.1, 0.15) is 169 Å². The fourth-order valence-corrected chi connectivity index (χ4v) is 10.8. The normalized spacial score (nSPS) is 33.7. The number of rotatable bonds is 18. The van der Waals surface area contributed by atoms with Crippen molar-refractivity contribution in [2.45, 2.75) is 176 Å². The molecular weight excluding hydrogens is 542 g/mol. The van der Waals surface area contributed by atoms with Crippen molar-refractivity contribution in [1.82, 2.24) is 5.32 Å². The number of amides is 1. The Balaban J connectivity index is 1.17. The number of nitrogens with one attached hydrogen (secondary N) is 1. The quantitative estimate of drug-likeness (QED) is 0.119. The highest BCUT2D eigenvalue weighted by molar-refractivity contribution is 5.67. The molecule has 0 spiro atoms. The van der Waals surface area contributed by atoms with Crippen molar-refractivity contribution in [2.24, 2.45) is 46.3 Å². The molecule has 3 saturated carbocycles. The zero-order chi connectivity index (χ0) is 31.6. The molecule has 4 heteroatoms. The Labute approximate surface area is 272 Å². The van der Waals surface area contributed by atoms with Crippen molar-refractivity contribution in [2.75, 3.05) is 13.2 Å². The second kappa shape index (κ2) is 17.2. The number of aliphatic hydroxyl groups excluding tert-OH is 1. The summed E-state index contributed by atoms with van der Waals surface area (Å²) in [6.07, 6.45) is 28.9. The predicted molar refractivity (Wildman–Crippen MR) is 185 cm³/mol. The van der Waals surface area contributed by atoms with E-state index < -0.39 is 0 Å². The van der Waals surface area contributed by atoms with Gasteiger partial charge in [0, 0.05) is 19.6 Å². The summed E-state index contributed by atoms with van der Waals surface area (Å²) < 4.78 is 5.99.